The summed E-state index contributed by atoms with van der Waals surface area (Å²) in [5.74, 6) is -0.269. The summed E-state index contributed by atoms with van der Waals surface area (Å²) in [5, 5.41) is -0.509. The minimum atomic E-state index is -0.509. The molecule has 0 aromatic carbocycles. The van der Waals surface area contributed by atoms with Gasteiger partial charge in [0.1, 0.15) is 11.5 Å². The van der Waals surface area contributed by atoms with Crippen LogP contribution in [0.4, 0.5) is 0 Å². The van der Waals surface area contributed by atoms with Gasteiger partial charge in [0.2, 0.25) is 0 Å². The third-order valence-electron chi connectivity index (χ3n) is 2.07. The minimum Gasteiger partial charge on any atom is -0.461 e. The number of carbonyl (C=O) groups is 1. The molecule has 3 nitrogen and oxygen atoms in total. The summed E-state index contributed by atoms with van der Waals surface area (Å²) < 4.78 is 5.18. The van der Waals surface area contributed by atoms with Crippen LogP contribution in [-0.4, -0.2) is 23.7 Å². The maximum Gasteiger partial charge on any atom is 0.333 e. The van der Waals surface area contributed by atoms with E-state index in [2.05, 4.69) is 0 Å². The first-order chi connectivity index (χ1) is 5.74. The summed E-state index contributed by atoms with van der Waals surface area (Å²) in [4.78, 5) is 11.2. The highest BCUT2D eigenvalue weighted by molar-refractivity contribution is 7.99. The molecule has 0 aromatic heterocycles. The van der Waals surface area contributed by atoms with Crippen LogP contribution in [0, 0.1) is 0 Å². The van der Waals surface area contributed by atoms with Crippen molar-refractivity contribution in [1.29, 1.82) is 0 Å². The fraction of sp³-hybridized carbons (Fsp3) is 0.875. The number of esters is 1. The van der Waals surface area contributed by atoms with Gasteiger partial charge in [0.15, 0.2) is 0 Å². The van der Waals surface area contributed by atoms with Crippen molar-refractivity contribution < 1.29 is 9.53 Å². The van der Waals surface area contributed by atoms with Crippen molar-refractivity contribution >= 4 is 17.7 Å². The molecule has 1 atom stereocenters. The van der Waals surface area contributed by atoms with Crippen LogP contribution in [0.3, 0.4) is 0 Å². The number of rotatable bonds is 3. The first-order valence-corrected chi connectivity index (χ1v) is 5.51. The second kappa shape index (κ2) is 4.72. The summed E-state index contributed by atoms with van der Waals surface area (Å²) in [6.07, 6.45) is 6.30. The minimum absolute atomic E-state index is 0.135. The Morgan fingerprint density at radius 1 is 1.58 bits per heavy atom. The second-order valence-electron chi connectivity index (χ2n) is 3.00. The topological polar surface area (TPSA) is 52.3 Å². The first kappa shape index (κ1) is 9.86. The van der Waals surface area contributed by atoms with Gasteiger partial charge < -0.3 is 10.5 Å². The van der Waals surface area contributed by atoms with Crippen molar-refractivity contribution in [2.75, 3.05) is 6.26 Å². The molecule has 2 N–H and O–H groups in total. The molecule has 70 valence electrons. The van der Waals surface area contributed by atoms with Crippen molar-refractivity contribution in [1.82, 2.24) is 0 Å². The number of nitrogens with two attached hydrogens (primary N) is 1. The Hall–Kier alpha value is -0.220. The molecule has 0 aliphatic heterocycles. The van der Waals surface area contributed by atoms with E-state index in [1.54, 1.807) is 6.26 Å². The number of ether oxygens (including phenoxy) is 1. The summed E-state index contributed by atoms with van der Waals surface area (Å²) in [6.45, 7) is 0. The van der Waals surface area contributed by atoms with Gasteiger partial charge in [0.05, 0.1) is 0 Å². The quantitative estimate of drug-likeness (QED) is 0.534. The molecule has 4 heteroatoms. The van der Waals surface area contributed by atoms with Crippen LogP contribution in [0.25, 0.3) is 0 Å². The molecule has 0 heterocycles. The molecule has 0 aromatic rings. The molecule has 0 radical (unpaired) electrons. The fourth-order valence-corrected chi connectivity index (χ4v) is 1.58. The zero-order valence-corrected chi connectivity index (χ0v) is 8.10. The number of carbonyl (C=O) groups excluding carboxylic acids is 1. The summed E-state index contributed by atoms with van der Waals surface area (Å²) in [6, 6.07) is 0. The van der Waals surface area contributed by atoms with Gasteiger partial charge in [0, 0.05) is 0 Å². The largest absolute Gasteiger partial charge is 0.461 e. The molecule has 0 spiro atoms. The van der Waals surface area contributed by atoms with E-state index in [9.17, 15) is 4.79 Å². The molecule has 1 aliphatic carbocycles. The molecular formula is C8H15NO2S. The van der Waals surface area contributed by atoms with E-state index in [1.165, 1.54) is 24.6 Å². The van der Waals surface area contributed by atoms with Crippen LogP contribution in [0.2, 0.25) is 0 Å². The standard InChI is InChI=1S/C8H15NO2S/c1-12-7(9)8(10)11-6-4-2-3-5-6/h6-7H,2-5,9H2,1H3. The fourth-order valence-electron chi connectivity index (χ4n) is 1.33. The Morgan fingerprint density at radius 3 is 2.67 bits per heavy atom. The van der Waals surface area contributed by atoms with Crippen molar-refractivity contribution in [2.45, 2.75) is 37.2 Å². The van der Waals surface area contributed by atoms with E-state index in [0.717, 1.165) is 12.8 Å². The van der Waals surface area contributed by atoms with Gasteiger partial charge >= 0.3 is 5.97 Å². The third kappa shape index (κ3) is 2.68. The van der Waals surface area contributed by atoms with E-state index in [0.29, 0.717) is 0 Å². The molecular weight excluding hydrogens is 174 g/mol. The van der Waals surface area contributed by atoms with Gasteiger partial charge in [-0.15, -0.1) is 11.8 Å². The number of hydrogen-bond donors (Lipinski definition) is 1. The van der Waals surface area contributed by atoms with Crippen molar-refractivity contribution in [3.05, 3.63) is 0 Å². The molecule has 1 aliphatic rings. The van der Waals surface area contributed by atoms with Gasteiger partial charge in [-0.2, -0.15) is 0 Å². The van der Waals surface area contributed by atoms with Crippen LogP contribution in [0.5, 0.6) is 0 Å². The van der Waals surface area contributed by atoms with Crippen molar-refractivity contribution in [3.63, 3.8) is 0 Å². The highest BCUT2D eigenvalue weighted by atomic mass is 32.2. The molecule has 1 unspecified atom stereocenters. The molecule has 12 heavy (non-hydrogen) atoms. The first-order valence-electron chi connectivity index (χ1n) is 4.23. The molecule has 1 fully saturated rings. The Labute approximate surface area is 77.0 Å². The van der Waals surface area contributed by atoms with Crippen molar-refractivity contribution in [3.8, 4) is 0 Å². The highest BCUT2D eigenvalue weighted by Gasteiger charge is 2.22. The smallest absolute Gasteiger partial charge is 0.333 e. The van der Waals surface area contributed by atoms with Gasteiger partial charge in [-0.3, -0.25) is 0 Å². The molecule has 1 rings (SSSR count). The lowest BCUT2D eigenvalue weighted by molar-refractivity contribution is -0.147. The maximum atomic E-state index is 11.2. The van der Waals surface area contributed by atoms with Gasteiger partial charge in [-0.1, -0.05) is 0 Å². The van der Waals surface area contributed by atoms with Gasteiger partial charge in [-0.05, 0) is 31.9 Å². The van der Waals surface area contributed by atoms with Crippen molar-refractivity contribution in [2.24, 2.45) is 5.73 Å². The van der Waals surface area contributed by atoms with E-state index in [4.69, 9.17) is 10.5 Å². The van der Waals surface area contributed by atoms with Gasteiger partial charge in [0.25, 0.3) is 0 Å². The summed E-state index contributed by atoms with van der Waals surface area (Å²) in [5.41, 5.74) is 5.48. The Bertz CT molecular complexity index is 157. The zero-order chi connectivity index (χ0) is 8.97. The van der Waals surface area contributed by atoms with Crippen LogP contribution < -0.4 is 5.73 Å². The molecule has 0 bridgehead atoms. The lowest BCUT2D eigenvalue weighted by Gasteiger charge is -2.13. The van der Waals surface area contributed by atoms with Crippen LogP contribution in [0.15, 0.2) is 0 Å². The summed E-state index contributed by atoms with van der Waals surface area (Å²) in [7, 11) is 0. The third-order valence-corrected chi connectivity index (χ3v) is 2.77. The Morgan fingerprint density at radius 2 is 2.17 bits per heavy atom. The normalized spacial score (nSPS) is 20.8. The Kier molecular flexibility index (Phi) is 3.88. The van der Waals surface area contributed by atoms with E-state index < -0.39 is 5.37 Å². The van der Waals surface area contributed by atoms with E-state index in [1.807, 2.05) is 0 Å². The van der Waals surface area contributed by atoms with E-state index in [-0.39, 0.29) is 12.1 Å². The van der Waals surface area contributed by atoms with E-state index >= 15 is 0 Å². The molecule has 0 amide bonds. The zero-order valence-electron chi connectivity index (χ0n) is 7.29. The second-order valence-corrected chi connectivity index (χ2v) is 3.98. The highest BCUT2D eigenvalue weighted by Crippen LogP contribution is 2.21. The van der Waals surface area contributed by atoms with Gasteiger partial charge in [-0.25, -0.2) is 4.79 Å². The average molecular weight is 189 g/mol. The van der Waals surface area contributed by atoms with Crippen LogP contribution >= 0.6 is 11.8 Å². The van der Waals surface area contributed by atoms with Crippen LogP contribution in [0.1, 0.15) is 25.7 Å². The SMILES string of the molecule is CSC(N)C(=O)OC1CCCC1. The average Bonchev–Trinajstić information content (AvgIpc) is 2.55. The number of thioether (sulfide) groups is 1. The lowest BCUT2D eigenvalue weighted by atomic mass is 10.3. The Balaban J connectivity index is 2.25. The summed E-state index contributed by atoms with van der Waals surface area (Å²) >= 11 is 1.32. The van der Waals surface area contributed by atoms with Crippen LogP contribution in [-0.2, 0) is 9.53 Å². The molecule has 0 saturated heterocycles. The lowest BCUT2D eigenvalue weighted by Crippen LogP contribution is -2.31. The monoisotopic (exact) mass is 189 g/mol. The predicted molar refractivity (Wildman–Crippen MR) is 49.8 cm³/mol. The molecule has 1 saturated carbocycles. The maximum absolute atomic E-state index is 11.2. The predicted octanol–water partition coefficient (Wildman–Crippen LogP) is 1.12. The number of hydrogen-bond acceptors (Lipinski definition) is 4.